The van der Waals surface area contributed by atoms with Crippen molar-refractivity contribution in [3.63, 3.8) is 0 Å². The van der Waals surface area contributed by atoms with Crippen molar-refractivity contribution >= 4 is 40.7 Å². The number of halogens is 2. The zero-order valence-corrected chi connectivity index (χ0v) is 21.1. The van der Waals surface area contributed by atoms with E-state index in [0.717, 1.165) is 18.4 Å². The molecule has 0 spiro atoms. The summed E-state index contributed by atoms with van der Waals surface area (Å²) in [4.78, 5) is 27.5. The molecular formula is C26H29Cl2NO5. The first-order valence-corrected chi connectivity index (χ1v) is 12.0. The largest absolute Gasteiger partial charge is 0.507 e. The van der Waals surface area contributed by atoms with Crippen LogP contribution in [0.2, 0.25) is 10.0 Å². The molecule has 0 unspecified atom stereocenters. The molecule has 2 aromatic rings. The normalized spacial score (nSPS) is 17.4. The Hall–Kier alpha value is -2.54. The summed E-state index contributed by atoms with van der Waals surface area (Å²) in [5, 5.41) is 11.9. The van der Waals surface area contributed by atoms with Gasteiger partial charge in [0.25, 0.3) is 11.7 Å². The lowest BCUT2D eigenvalue weighted by Crippen LogP contribution is -2.31. The summed E-state index contributed by atoms with van der Waals surface area (Å²) < 4.78 is 10.9. The summed E-state index contributed by atoms with van der Waals surface area (Å²) in [5.41, 5.74) is 1.85. The van der Waals surface area contributed by atoms with E-state index >= 15 is 0 Å². The number of aryl methyl sites for hydroxylation is 1. The van der Waals surface area contributed by atoms with Crippen LogP contribution in [0, 0.1) is 6.92 Å². The van der Waals surface area contributed by atoms with Gasteiger partial charge in [-0.3, -0.25) is 9.59 Å². The minimum absolute atomic E-state index is 0.0138. The molecule has 1 N–H and O–H groups in total. The van der Waals surface area contributed by atoms with Crippen molar-refractivity contribution in [3.05, 3.63) is 68.7 Å². The third kappa shape index (κ3) is 5.57. The SMILES string of the molecule is CCCCOc1ccc(C(O)=C2C(=O)C(=O)N(CCCOC)[C@@H]2c2ccc(Cl)c(Cl)c2)cc1C. The maximum atomic E-state index is 13.1. The number of benzene rings is 2. The van der Waals surface area contributed by atoms with Gasteiger partial charge in [0.05, 0.1) is 28.3 Å². The monoisotopic (exact) mass is 505 g/mol. The molecule has 3 rings (SSSR count). The number of carbonyl (C=O) groups is 2. The molecule has 2 aromatic carbocycles. The van der Waals surface area contributed by atoms with Gasteiger partial charge in [0.1, 0.15) is 11.5 Å². The van der Waals surface area contributed by atoms with Crippen LogP contribution in [0.5, 0.6) is 5.75 Å². The van der Waals surface area contributed by atoms with Crippen LogP contribution in [0.1, 0.15) is 48.9 Å². The predicted molar refractivity (Wildman–Crippen MR) is 134 cm³/mol. The number of Topliss-reactive ketones (excluding diaryl/α,β-unsaturated/α-hetero) is 1. The van der Waals surface area contributed by atoms with Crippen LogP contribution in [0.15, 0.2) is 42.0 Å². The van der Waals surface area contributed by atoms with Crippen molar-refractivity contribution in [3.8, 4) is 5.75 Å². The summed E-state index contributed by atoms with van der Waals surface area (Å²) >= 11 is 12.3. The van der Waals surface area contributed by atoms with Crippen LogP contribution >= 0.6 is 23.2 Å². The second-order valence-electron chi connectivity index (χ2n) is 8.19. The summed E-state index contributed by atoms with van der Waals surface area (Å²) in [6.07, 6.45) is 2.50. The van der Waals surface area contributed by atoms with E-state index in [-0.39, 0.29) is 17.9 Å². The Balaban J connectivity index is 2.06. The first-order valence-electron chi connectivity index (χ1n) is 11.3. The maximum Gasteiger partial charge on any atom is 0.295 e. The number of ether oxygens (including phenoxy) is 2. The molecule has 0 saturated carbocycles. The molecule has 0 aromatic heterocycles. The molecule has 1 atom stereocenters. The molecule has 1 aliphatic rings. The van der Waals surface area contributed by atoms with E-state index in [9.17, 15) is 14.7 Å². The van der Waals surface area contributed by atoms with Crippen molar-refractivity contribution < 1.29 is 24.2 Å². The van der Waals surface area contributed by atoms with Crippen LogP contribution in [-0.2, 0) is 14.3 Å². The Bertz CT molecular complexity index is 1100. The number of likely N-dealkylation sites (tertiary alicyclic amines) is 1. The van der Waals surface area contributed by atoms with Crippen LogP contribution in [0.4, 0.5) is 0 Å². The van der Waals surface area contributed by atoms with E-state index in [0.29, 0.717) is 46.6 Å². The van der Waals surface area contributed by atoms with Gasteiger partial charge in [-0.2, -0.15) is 0 Å². The predicted octanol–water partition coefficient (Wildman–Crippen LogP) is 5.94. The number of nitrogens with zero attached hydrogens (tertiary/aromatic N) is 1. The van der Waals surface area contributed by atoms with Crippen molar-refractivity contribution in [2.75, 3.05) is 26.9 Å². The van der Waals surface area contributed by atoms with Gasteiger partial charge >= 0.3 is 0 Å². The highest BCUT2D eigenvalue weighted by Crippen LogP contribution is 2.41. The lowest BCUT2D eigenvalue weighted by atomic mass is 9.94. The summed E-state index contributed by atoms with van der Waals surface area (Å²) in [7, 11) is 1.57. The number of amides is 1. The number of aliphatic hydroxyl groups excluding tert-OH is 1. The number of aliphatic hydroxyl groups is 1. The average molecular weight is 506 g/mol. The van der Waals surface area contributed by atoms with Gasteiger partial charge in [-0.05, 0) is 61.2 Å². The fraction of sp³-hybridized carbons (Fsp3) is 0.385. The third-order valence-corrected chi connectivity index (χ3v) is 6.49. The van der Waals surface area contributed by atoms with E-state index in [1.54, 1.807) is 43.5 Å². The molecule has 34 heavy (non-hydrogen) atoms. The fourth-order valence-corrected chi connectivity index (χ4v) is 4.27. The van der Waals surface area contributed by atoms with Crippen LogP contribution in [-0.4, -0.2) is 48.6 Å². The molecule has 8 heteroatoms. The van der Waals surface area contributed by atoms with Gasteiger partial charge in [0.2, 0.25) is 0 Å². The Labute approximate surface area is 210 Å². The van der Waals surface area contributed by atoms with Gasteiger partial charge in [-0.1, -0.05) is 42.6 Å². The second-order valence-corrected chi connectivity index (χ2v) is 9.01. The van der Waals surface area contributed by atoms with E-state index < -0.39 is 17.7 Å². The molecule has 1 aliphatic heterocycles. The molecule has 1 heterocycles. The van der Waals surface area contributed by atoms with Crippen LogP contribution in [0.25, 0.3) is 5.76 Å². The quantitative estimate of drug-likeness (QED) is 0.187. The summed E-state index contributed by atoms with van der Waals surface area (Å²) in [5.74, 6) is -0.949. The van der Waals surface area contributed by atoms with Crippen molar-refractivity contribution in [2.24, 2.45) is 0 Å². The summed E-state index contributed by atoms with van der Waals surface area (Å²) in [6.45, 7) is 5.27. The first kappa shape index (κ1) is 26.1. The molecule has 1 amide bonds. The number of carbonyl (C=O) groups excluding carboxylic acids is 2. The number of ketones is 1. The van der Waals surface area contributed by atoms with E-state index in [4.69, 9.17) is 32.7 Å². The maximum absolute atomic E-state index is 13.1. The standard InChI is InChI=1S/C26H29Cl2NO5/c1-4-5-13-34-21-10-8-18(14-16(21)2)24(30)22-23(17-7-9-19(27)20(28)15-17)29(11-6-12-33-3)26(32)25(22)31/h7-10,14-15,23,30H,4-6,11-13H2,1-3H3/t23-/m1/s1. The zero-order chi connectivity index (χ0) is 24.8. The molecule has 182 valence electrons. The Morgan fingerprint density at radius 3 is 2.47 bits per heavy atom. The lowest BCUT2D eigenvalue weighted by Gasteiger charge is -2.25. The van der Waals surface area contributed by atoms with Gasteiger partial charge in [-0.25, -0.2) is 0 Å². The van der Waals surface area contributed by atoms with E-state index in [1.807, 2.05) is 6.92 Å². The van der Waals surface area contributed by atoms with Gasteiger partial charge in [0.15, 0.2) is 0 Å². The Morgan fingerprint density at radius 1 is 1.06 bits per heavy atom. The number of methoxy groups -OCH3 is 1. The molecule has 1 fully saturated rings. The van der Waals surface area contributed by atoms with Crippen molar-refractivity contribution in [1.29, 1.82) is 0 Å². The highest BCUT2D eigenvalue weighted by atomic mass is 35.5. The molecule has 6 nitrogen and oxygen atoms in total. The number of unbranched alkanes of at least 4 members (excludes halogenated alkanes) is 1. The van der Waals surface area contributed by atoms with Gasteiger partial charge in [-0.15, -0.1) is 0 Å². The molecule has 0 aliphatic carbocycles. The lowest BCUT2D eigenvalue weighted by molar-refractivity contribution is -0.140. The highest BCUT2D eigenvalue weighted by Gasteiger charge is 2.45. The smallest absolute Gasteiger partial charge is 0.295 e. The Morgan fingerprint density at radius 2 is 1.82 bits per heavy atom. The van der Waals surface area contributed by atoms with Crippen molar-refractivity contribution in [1.82, 2.24) is 4.90 Å². The highest BCUT2D eigenvalue weighted by molar-refractivity contribution is 6.46. The molecule has 1 saturated heterocycles. The second kappa shape index (κ2) is 11.7. The van der Waals surface area contributed by atoms with Gasteiger partial charge in [0, 0.05) is 25.8 Å². The number of rotatable bonds is 10. The van der Waals surface area contributed by atoms with Crippen LogP contribution in [0.3, 0.4) is 0 Å². The van der Waals surface area contributed by atoms with E-state index in [2.05, 4.69) is 6.92 Å². The average Bonchev–Trinajstić information content (AvgIpc) is 3.06. The van der Waals surface area contributed by atoms with Crippen molar-refractivity contribution in [2.45, 2.75) is 39.2 Å². The first-order chi connectivity index (χ1) is 16.3. The fourth-order valence-electron chi connectivity index (χ4n) is 3.96. The van der Waals surface area contributed by atoms with E-state index in [1.165, 1.54) is 4.90 Å². The number of hydrogen-bond donors (Lipinski definition) is 1. The molecular weight excluding hydrogens is 477 g/mol. The molecule has 0 radical (unpaired) electrons. The zero-order valence-electron chi connectivity index (χ0n) is 19.6. The summed E-state index contributed by atoms with van der Waals surface area (Å²) in [6, 6.07) is 9.34. The third-order valence-electron chi connectivity index (χ3n) is 5.75. The molecule has 0 bridgehead atoms. The van der Waals surface area contributed by atoms with Crippen LogP contribution < -0.4 is 4.74 Å². The topological polar surface area (TPSA) is 76.1 Å². The van der Waals surface area contributed by atoms with Gasteiger partial charge < -0.3 is 19.5 Å². The minimum atomic E-state index is -0.799. The number of hydrogen-bond acceptors (Lipinski definition) is 5. The minimum Gasteiger partial charge on any atom is -0.507 e. The Kier molecular flexibility index (Phi) is 9.00.